The van der Waals surface area contributed by atoms with E-state index < -0.39 is 0 Å². The molecule has 1 fully saturated rings. The summed E-state index contributed by atoms with van der Waals surface area (Å²) in [6.07, 6.45) is 19.6. The summed E-state index contributed by atoms with van der Waals surface area (Å²) < 4.78 is 6.10. The first-order valence-electron chi connectivity index (χ1n) is 13.0. The summed E-state index contributed by atoms with van der Waals surface area (Å²) in [6.45, 7) is 7.26. The number of fused-ring (bicyclic) bond motifs is 1. The molecule has 0 spiro atoms. The topological polar surface area (TPSA) is 26.3 Å². The summed E-state index contributed by atoms with van der Waals surface area (Å²) in [7, 11) is 0. The molecule has 0 aliphatic heterocycles. The predicted octanol–water partition coefficient (Wildman–Crippen LogP) is 8.33. The highest BCUT2D eigenvalue weighted by Gasteiger charge is 2.33. The molecule has 3 rings (SSSR count). The Bertz CT molecular complexity index is 736. The Morgan fingerprint density at radius 2 is 1.84 bits per heavy atom. The van der Waals surface area contributed by atoms with Gasteiger partial charge in [0.05, 0.1) is 6.61 Å². The van der Waals surface area contributed by atoms with Crippen LogP contribution in [0, 0.1) is 5.41 Å². The number of unbranched alkanes of at least 4 members (excludes halogenated alkanes) is 5. The van der Waals surface area contributed by atoms with E-state index in [0.29, 0.717) is 17.1 Å². The van der Waals surface area contributed by atoms with Crippen LogP contribution in [0.1, 0.15) is 121 Å². The summed E-state index contributed by atoms with van der Waals surface area (Å²) in [5.41, 5.74) is 5.24. The third-order valence-electron chi connectivity index (χ3n) is 7.68. The Morgan fingerprint density at radius 3 is 2.52 bits per heavy atom. The van der Waals surface area contributed by atoms with E-state index in [2.05, 4.69) is 38.1 Å². The molecule has 0 saturated heterocycles. The van der Waals surface area contributed by atoms with Gasteiger partial charge in [-0.05, 0) is 92.9 Å². The highest BCUT2D eigenvalue weighted by atomic mass is 16.5. The molecule has 0 radical (unpaired) electrons. The molecular formula is C29H44O2. The lowest BCUT2D eigenvalue weighted by Gasteiger charge is -2.39. The monoisotopic (exact) mass is 424 g/mol. The van der Waals surface area contributed by atoms with Crippen LogP contribution in [-0.4, -0.2) is 12.4 Å². The minimum atomic E-state index is 0.319. The number of rotatable bonds is 12. The molecule has 2 heteroatoms. The molecule has 2 aliphatic rings. The maximum atomic E-state index is 11.0. The molecule has 2 aliphatic carbocycles. The summed E-state index contributed by atoms with van der Waals surface area (Å²) in [6, 6.07) is 6.83. The number of ketones is 1. The van der Waals surface area contributed by atoms with Crippen LogP contribution in [-0.2, 0) is 11.2 Å². The zero-order valence-electron chi connectivity index (χ0n) is 20.3. The first-order chi connectivity index (χ1) is 15.0. The van der Waals surface area contributed by atoms with E-state index in [0.717, 1.165) is 38.0 Å². The highest BCUT2D eigenvalue weighted by molar-refractivity contribution is 5.75. The summed E-state index contributed by atoms with van der Waals surface area (Å²) in [5, 5.41) is 0. The number of aryl methyl sites for hydroxylation is 1. The quantitative estimate of drug-likeness (QED) is 0.191. The van der Waals surface area contributed by atoms with Crippen molar-refractivity contribution in [1.29, 1.82) is 0 Å². The van der Waals surface area contributed by atoms with Crippen molar-refractivity contribution in [3.05, 3.63) is 41.0 Å². The van der Waals surface area contributed by atoms with Gasteiger partial charge in [-0.25, -0.2) is 0 Å². The number of carbonyl (C=O) groups is 1. The van der Waals surface area contributed by atoms with Gasteiger partial charge in [0.15, 0.2) is 0 Å². The number of ether oxygens (including phenoxy) is 1. The zero-order chi connectivity index (χ0) is 22.1. The van der Waals surface area contributed by atoms with Crippen LogP contribution in [0.5, 0.6) is 5.75 Å². The fraction of sp³-hybridized carbons (Fsp3) is 0.690. The Hall–Kier alpha value is -1.57. The maximum absolute atomic E-state index is 11.0. The van der Waals surface area contributed by atoms with Crippen LogP contribution in [0.25, 0.3) is 0 Å². The molecule has 0 heterocycles. The van der Waals surface area contributed by atoms with Crippen LogP contribution in [0.2, 0.25) is 0 Å². The fourth-order valence-electron chi connectivity index (χ4n) is 5.44. The van der Waals surface area contributed by atoms with Gasteiger partial charge in [-0.1, -0.05) is 63.7 Å². The number of benzene rings is 1. The highest BCUT2D eigenvalue weighted by Crippen LogP contribution is 2.47. The second-order valence-electron chi connectivity index (χ2n) is 10.3. The van der Waals surface area contributed by atoms with Crippen molar-refractivity contribution in [1.82, 2.24) is 0 Å². The Labute approximate surface area is 190 Å². The van der Waals surface area contributed by atoms with Crippen LogP contribution in [0.4, 0.5) is 0 Å². The van der Waals surface area contributed by atoms with Crippen LogP contribution >= 0.6 is 0 Å². The van der Waals surface area contributed by atoms with Gasteiger partial charge in [0.1, 0.15) is 11.5 Å². The fourth-order valence-corrected chi connectivity index (χ4v) is 5.44. The standard InChI is InChI=1S/C29H44O2/c1-4-29(17-11-18-29)22-25-13-14-26-21-27(15-16-28(26)23(2)20-25)31-19-10-8-6-5-7-9-12-24(3)30/h15-16,21-23H,4-14,17-20H2,1-3H3. The lowest BCUT2D eigenvalue weighted by molar-refractivity contribution is -0.117. The lowest BCUT2D eigenvalue weighted by Crippen LogP contribution is -2.26. The molecule has 1 atom stereocenters. The van der Waals surface area contributed by atoms with Gasteiger partial charge in [0, 0.05) is 6.42 Å². The molecule has 172 valence electrons. The molecule has 31 heavy (non-hydrogen) atoms. The van der Waals surface area contributed by atoms with Crippen molar-refractivity contribution in [2.45, 2.75) is 117 Å². The molecule has 1 aromatic rings. The average molecular weight is 425 g/mol. The molecule has 0 amide bonds. The zero-order valence-corrected chi connectivity index (χ0v) is 20.3. The average Bonchev–Trinajstić information content (AvgIpc) is 2.87. The lowest BCUT2D eigenvalue weighted by atomic mass is 9.66. The summed E-state index contributed by atoms with van der Waals surface area (Å²) in [5.74, 6) is 1.97. The van der Waals surface area contributed by atoms with Gasteiger partial charge in [-0.3, -0.25) is 0 Å². The molecular weight excluding hydrogens is 380 g/mol. The molecule has 1 saturated carbocycles. The second kappa shape index (κ2) is 11.9. The summed E-state index contributed by atoms with van der Waals surface area (Å²) >= 11 is 0. The smallest absolute Gasteiger partial charge is 0.129 e. The van der Waals surface area contributed by atoms with Gasteiger partial charge in [-0.15, -0.1) is 0 Å². The van der Waals surface area contributed by atoms with E-state index in [9.17, 15) is 4.79 Å². The van der Waals surface area contributed by atoms with E-state index in [1.807, 2.05) is 0 Å². The Morgan fingerprint density at radius 1 is 1.10 bits per heavy atom. The second-order valence-corrected chi connectivity index (χ2v) is 10.3. The molecule has 0 N–H and O–H groups in total. The normalized spacial score (nSPS) is 21.3. The molecule has 1 aromatic carbocycles. The predicted molar refractivity (Wildman–Crippen MR) is 131 cm³/mol. The van der Waals surface area contributed by atoms with E-state index in [1.165, 1.54) is 75.3 Å². The first kappa shape index (κ1) is 24.1. The van der Waals surface area contributed by atoms with Crippen molar-refractivity contribution in [3.8, 4) is 5.75 Å². The number of carbonyl (C=O) groups excluding carboxylic acids is 1. The largest absolute Gasteiger partial charge is 0.494 e. The first-order valence-corrected chi connectivity index (χ1v) is 13.0. The number of allylic oxidation sites excluding steroid dienone is 2. The Balaban J connectivity index is 1.43. The molecule has 1 unspecified atom stereocenters. The van der Waals surface area contributed by atoms with Crippen LogP contribution in [0.3, 0.4) is 0 Å². The van der Waals surface area contributed by atoms with E-state index >= 15 is 0 Å². The molecule has 0 bridgehead atoms. The van der Waals surface area contributed by atoms with Crippen molar-refractivity contribution in [2.24, 2.45) is 5.41 Å². The van der Waals surface area contributed by atoms with Crippen molar-refractivity contribution in [3.63, 3.8) is 0 Å². The maximum Gasteiger partial charge on any atom is 0.129 e. The molecule has 0 aromatic heterocycles. The van der Waals surface area contributed by atoms with Crippen molar-refractivity contribution in [2.75, 3.05) is 6.61 Å². The number of Topliss-reactive ketones (excluding diaryl/α,β-unsaturated/α-hetero) is 1. The van der Waals surface area contributed by atoms with E-state index in [-0.39, 0.29) is 0 Å². The Kier molecular flexibility index (Phi) is 9.23. The van der Waals surface area contributed by atoms with E-state index in [1.54, 1.807) is 12.5 Å². The van der Waals surface area contributed by atoms with Gasteiger partial charge in [0.2, 0.25) is 0 Å². The van der Waals surface area contributed by atoms with Gasteiger partial charge in [-0.2, -0.15) is 0 Å². The third kappa shape index (κ3) is 7.22. The van der Waals surface area contributed by atoms with Gasteiger partial charge in [0.25, 0.3) is 0 Å². The van der Waals surface area contributed by atoms with Gasteiger partial charge >= 0.3 is 0 Å². The minimum absolute atomic E-state index is 0.319. The van der Waals surface area contributed by atoms with E-state index in [4.69, 9.17) is 4.74 Å². The van der Waals surface area contributed by atoms with Crippen LogP contribution in [0.15, 0.2) is 29.8 Å². The third-order valence-corrected chi connectivity index (χ3v) is 7.68. The van der Waals surface area contributed by atoms with Crippen molar-refractivity contribution < 1.29 is 9.53 Å². The summed E-state index contributed by atoms with van der Waals surface area (Å²) in [4.78, 5) is 11.0. The van der Waals surface area contributed by atoms with Gasteiger partial charge < -0.3 is 9.53 Å². The number of hydrogen-bond acceptors (Lipinski definition) is 2. The number of hydrogen-bond donors (Lipinski definition) is 0. The van der Waals surface area contributed by atoms with Crippen LogP contribution < -0.4 is 4.74 Å². The molecule has 2 nitrogen and oxygen atoms in total. The minimum Gasteiger partial charge on any atom is -0.494 e. The SMILES string of the molecule is CCC1(C=C2CCc3cc(OCCCCCCCCC(C)=O)ccc3C(C)C2)CCC1. The van der Waals surface area contributed by atoms with Crippen molar-refractivity contribution >= 4 is 5.78 Å².